The number of amides is 2. The average molecular weight is 731 g/mol. The maximum atomic E-state index is 14.5. The van der Waals surface area contributed by atoms with Crippen LogP contribution in [0.15, 0.2) is 71.6 Å². The van der Waals surface area contributed by atoms with Gasteiger partial charge in [-0.2, -0.15) is 4.31 Å². The number of nitrogens with zero attached hydrogens (tertiary/aromatic N) is 3. The molecule has 4 rings (SSSR count). The molecule has 2 N–H and O–H groups in total. The highest BCUT2D eigenvalue weighted by Gasteiger charge is 2.40. The Balaban J connectivity index is 1.67. The molecule has 0 aliphatic carbocycles. The highest BCUT2D eigenvalue weighted by atomic mass is 35.5. The number of sulfonamides is 1. The Hall–Kier alpha value is -3.88. The summed E-state index contributed by atoms with van der Waals surface area (Å²) in [7, 11) is 0.510. The molecule has 50 heavy (non-hydrogen) atoms. The summed E-state index contributed by atoms with van der Waals surface area (Å²) in [5, 5.41) is 10.0. The van der Waals surface area contributed by atoms with E-state index in [0.29, 0.717) is 54.7 Å². The van der Waals surface area contributed by atoms with Crippen molar-refractivity contribution in [1.82, 2.24) is 19.6 Å². The minimum Gasteiger partial charge on any atom is -0.497 e. The zero-order chi connectivity index (χ0) is 36.4. The molecule has 3 aromatic rings. The summed E-state index contributed by atoms with van der Waals surface area (Å²) in [5.74, 6) is 0.874. The van der Waals surface area contributed by atoms with Crippen LogP contribution in [0.5, 0.6) is 17.2 Å². The molecule has 1 saturated heterocycles. The van der Waals surface area contributed by atoms with Crippen molar-refractivity contribution in [2.24, 2.45) is 5.92 Å². The topological polar surface area (TPSA) is 138 Å². The summed E-state index contributed by atoms with van der Waals surface area (Å²) in [6.45, 7) is 4.93. The molecule has 2 unspecified atom stereocenters. The molecule has 272 valence electrons. The highest BCUT2D eigenvalue weighted by Crippen LogP contribution is 2.29. The van der Waals surface area contributed by atoms with Crippen molar-refractivity contribution in [1.29, 1.82) is 0 Å². The Morgan fingerprint density at radius 3 is 2.14 bits per heavy atom. The van der Waals surface area contributed by atoms with E-state index < -0.39 is 34.4 Å². The molecule has 2 amide bonds. The third-order valence-electron chi connectivity index (χ3n) is 8.67. The number of benzene rings is 3. The number of methoxy groups -OCH3 is 3. The van der Waals surface area contributed by atoms with Crippen LogP contribution in [0, 0.1) is 5.92 Å². The van der Waals surface area contributed by atoms with Gasteiger partial charge in [0.1, 0.15) is 17.2 Å². The van der Waals surface area contributed by atoms with E-state index in [1.807, 2.05) is 18.2 Å². The summed E-state index contributed by atoms with van der Waals surface area (Å²) in [4.78, 5) is 31.0. The molecule has 3 aromatic carbocycles. The SMILES string of the molecule is COc1ccc(S(=O)(=O)N(CCc2cccc(Cl)c2)CC(=O)N2C(CC(=O)NO)CN(Cc3cc(OC)cc(OC)c3)CC2CC(C)C)cc1. The first-order valence-corrected chi connectivity index (χ1v) is 18.3. The minimum atomic E-state index is -4.15. The number of hydroxylamine groups is 1. The van der Waals surface area contributed by atoms with Crippen molar-refractivity contribution in [3.8, 4) is 17.2 Å². The second kappa shape index (κ2) is 17.9. The first-order valence-electron chi connectivity index (χ1n) is 16.4. The Bertz CT molecular complexity index is 1680. The number of carbonyl (C=O) groups excluding carboxylic acids is 2. The van der Waals surface area contributed by atoms with Crippen LogP contribution in [0.3, 0.4) is 0 Å². The second-order valence-corrected chi connectivity index (χ2v) is 15.2. The van der Waals surface area contributed by atoms with Crippen LogP contribution in [0.4, 0.5) is 0 Å². The molecule has 0 aromatic heterocycles. The predicted octanol–water partition coefficient (Wildman–Crippen LogP) is 4.62. The molecule has 0 saturated carbocycles. The van der Waals surface area contributed by atoms with Crippen LogP contribution in [0.1, 0.15) is 37.8 Å². The first-order chi connectivity index (χ1) is 23.9. The highest BCUT2D eigenvalue weighted by molar-refractivity contribution is 7.89. The standard InChI is InChI=1S/C36H47ClN4O8S/c1-25(2)15-29-22-39(21-27-17-32(48-4)20-33(18-27)49-5)23-30(19-35(42)38-44)41(29)36(43)24-40(14-13-26-7-6-8-28(37)16-26)50(45,46)34-11-9-31(47-3)10-12-34/h6-12,16-18,20,25,29-30,44H,13-15,19,21-24H2,1-5H3,(H,38,42). The fourth-order valence-electron chi connectivity index (χ4n) is 6.41. The molecule has 0 radical (unpaired) electrons. The number of rotatable bonds is 16. The van der Waals surface area contributed by atoms with E-state index in [4.69, 9.17) is 25.8 Å². The van der Waals surface area contributed by atoms with E-state index in [1.165, 1.54) is 23.5 Å². The van der Waals surface area contributed by atoms with Crippen molar-refractivity contribution >= 4 is 33.4 Å². The largest absolute Gasteiger partial charge is 0.497 e. The molecule has 0 bridgehead atoms. The third-order valence-corrected chi connectivity index (χ3v) is 10.8. The van der Waals surface area contributed by atoms with Gasteiger partial charge in [-0.25, -0.2) is 13.9 Å². The smallest absolute Gasteiger partial charge is 0.245 e. The first kappa shape index (κ1) is 38.9. The average Bonchev–Trinajstić information content (AvgIpc) is 3.09. The zero-order valence-electron chi connectivity index (χ0n) is 29.2. The van der Waals surface area contributed by atoms with Crippen LogP contribution in [0.25, 0.3) is 0 Å². The number of hydrogen-bond acceptors (Lipinski definition) is 9. The lowest BCUT2D eigenvalue weighted by Gasteiger charge is -2.48. The third kappa shape index (κ3) is 10.3. The van der Waals surface area contributed by atoms with Crippen LogP contribution in [0.2, 0.25) is 5.02 Å². The van der Waals surface area contributed by atoms with Crippen LogP contribution in [-0.4, -0.2) is 99.1 Å². The van der Waals surface area contributed by atoms with Crippen LogP contribution in [-0.2, 0) is 32.6 Å². The molecule has 1 aliphatic rings. The number of halogens is 1. The van der Waals surface area contributed by atoms with Crippen molar-refractivity contribution in [3.05, 3.63) is 82.9 Å². The summed E-state index contributed by atoms with van der Waals surface area (Å²) in [6.07, 6.45) is 0.740. The molecule has 1 fully saturated rings. The van der Waals surface area contributed by atoms with Gasteiger partial charge < -0.3 is 19.1 Å². The van der Waals surface area contributed by atoms with Crippen molar-refractivity contribution < 1.29 is 37.4 Å². The van der Waals surface area contributed by atoms with E-state index in [9.17, 15) is 23.2 Å². The van der Waals surface area contributed by atoms with Gasteiger partial charge in [-0.1, -0.05) is 37.6 Å². The molecular weight excluding hydrogens is 684 g/mol. The molecule has 1 aliphatic heterocycles. The summed E-state index contributed by atoms with van der Waals surface area (Å²) >= 11 is 6.21. The number of ether oxygens (including phenoxy) is 3. The molecular formula is C36H47ClN4O8S. The van der Waals surface area contributed by atoms with Gasteiger partial charge >= 0.3 is 0 Å². The minimum absolute atomic E-state index is 0.00865. The number of carbonyl (C=O) groups is 2. The predicted molar refractivity (Wildman–Crippen MR) is 190 cm³/mol. The summed E-state index contributed by atoms with van der Waals surface area (Å²) in [6, 6.07) is 17.8. The van der Waals surface area contributed by atoms with Crippen molar-refractivity contribution in [2.45, 2.75) is 56.6 Å². The van der Waals surface area contributed by atoms with Crippen molar-refractivity contribution in [3.63, 3.8) is 0 Å². The van der Waals surface area contributed by atoms with Gasteiger partial charge in [0, 0.05) is 43.3 Å². The van der Waals surface area contributed by atoms with Gasteiger partial charge in [-0.15, -0.1) is 0 Å². The lowest BCUT2D eigenvalue weighted by molar-refractivity contribution is -0.144. The normalized spacial score (nSPS) is 16.8. The maximum absolute atomic E-state index is 14.5. The number of piperazine rings is 1. The Labute approximate surface area is 299 Å². The van der Waals surface area contributed by atoms with E-state index in [1.54, 1.807) is 61.0 Å². The molecule has 14 heteroatoms. The van der Waals surface area contributed by atoms with Crippen LogP contribution < -0.4 is 19.7 Å². The Morgan fingerprint density at radius 2 is 1.56 bits per heavy atom. The number of nitrogens with one attached hydrogen (secondary N) is 1. The Morgan fingerprint density at radius 1 is 0.920 bits per heavy atom. The van der Waals surface area contributed by atoms with E-state index in [2.05, 4.69) is 18.7 Å². The van der Waals surface area contributed by atoms with E-state index >= 15 is 0 Å². The molecule has 12 nitrogen and oxygen atoms in total. The maximum Gasteiger partial charge on any atom is 0.245 e. The molecule has 1 heterocycles. The molecule has 2 atom stereocenters. The van der Waals surface area contributed by atoms with Crippen molar-refractivity contribution in [2.75, 3.05) is 47.5 Å². The van der Waals surface area contributed by atoms with Gasteiger partial charge in [-0.3, -0.25) is 19.7 Å². The lowest BCUT2D eigenvalue weighted by Crippen LogP contribution is -2.63. The second-order valence-electron chi connectivity index (χ2n) is 12.8. The van der Waals surface area contributed by atoms with Gasteiger partial charge in [0.15, 0.2) is 0 Å². The van der Waals surface area contributed by atoms with E-state index in [-0.39, 0.29) is 29.8 Å². The van der Waals surface area contributed by atoms with Gasteiger partial charge in [0.05, 0.1) is 45.2 Å². The Kier molecular flexibility index (Phi) is 13.9. The monoisotopic (exact) mass is 730 g/mol. The quantitative estimate of drug-likeness (QED) is 0.160. The lowest BCUT2D eigenvalue weighted by atomic mass is 9.95. The number of hydrogen-bond donors (Lipinski definition) is 2. The van der Waals surface area contributed by atoms with Crippen LogP contribution >= 0.6 is 11.6 Å². The van der Waals surface area contributed by atoms with Gasteiger partial charge in [0.25, 0.3) is 0 Å². The molecule has 0 spiro atoms. The van der Waals surface area contributed by atoms with E-state index in [0.717, 1.165) is 11.1 Å². The van der Waals surface area contributed by atoms with Gasteiger partial charge in [-0.05, 0) is 78.4 Å². The summed E-state index contributed by atoms with van der Waals surface area (Å²) in [5.41, 5.74) is 3.45. The van der Waals surface area contributed by atoms with Gasteiger partial charge in [0.2, 0.25) is 21.8 Å². The fourth-order valence-corrected chi connectivity index (χ4v) is 8.01. The fraction of sp³-hybridized carbons (Fsp3) is 0.444. The zero-order valence-corrected chi connectivity index (χ0v) is 30.7. The summed E-state index contributed by atoms with van der Waals surface area (Å²) < 4.78 is 45.6.